The highest BCUT2D eigenvalue weighted by molar-refractivity contribution is 6.09. The molecule has 8 heteroatoms. The predicted octanol–water partition coefficient (Wildman–Crippen LogP) is 1.72. The molecule has 25 heavy (non-hydrogen) atoms. The average Bonchev–Trinajstić information content (AvgIpc) is 3.10. The van der Waals surface area contributed by atoms with Crippen molar-refractivity contribution >= 4 is 28.8 Å². The Kier molecular flexibility index (Phi) is 3.99. The summed E-state index contributed by atoms with van der Waals surface area (Å²) in [6.45, 7) is 1.70. The van der Waals surface area contributed by atoms with Gasteiger partial charge in [-0.25, -0.2) is 4.79 Å². The number of rotatable bonds is 3. The lowest BCUT2D eigenvalue weighted by Gasteiger charge is -2.01. The molecule has 0 saturated heterocycles. The van der Waals surface area contributed by atoms with E-state index in [2.05, 4.69) is 10.5 Å². The van der Waals surface area contributed by atoms with Crippen LogP contribution in [0.15, 0.2) is 39.2 Å². The van der Waals surface area contributed by atoms with Crippen LogP contribution >= 0.6 is 0 Å². The van der Waals surface area contributed by atoms with Crippen molar-refractivity contribution in [2.75, 3.05) is 5.32 Å². The lowest BCUT2D eigenvalue weighted by Crippen LogP contribution is -2.19. The number of fused-ring (bicyclic) bond motifs is 1. The summed E-state index contributed by atoms with van der Waals surface area (Å²) in [5.74, 6) is 0.204. The quantitative estimate of drug-likeness (QED) is 0.578. The van der Waals surface area contributed by atoms with Gasteiger partial charge >= 0.3 is 5.69 Å². The summed E-state index contributed by atoms with van der Waals surface area (Å²) in [5, 5.41) is 15.4. The number of nitriles is 1. The van der Waals surface area contributed by atoms with Crippen LogP contribution in [-0.2, 0) is 18.9 Å². The Balaban J connectivity index is 1.95. The molecule has 1 amide bonds. The van der Waals surface area contributed by atoms with Crippen LogP contribution in [0.1, 0.15) is 11.3 Å². The number of amides is 1. The maximum Gasteiger partial charge on any atom is 0.328 e. The van der Waals surface area contributed by atoms with Crippen molar-refractivity contribution < 1.29 is 9.32 Å². The van der Waals surface area contributed by atoms with Gasteiger partial charge in [0.15, 0.2) is 5.82 Å². The normalized spacial score (nSPS) is 11.5. The first-order chi connectivity index (χ1) is 11.9. The second-order valence-electron chi connectivity index (χ2n) is 5.60. The molecular formula is C17H15N5O3. The van der Waals surface area contributed by atoms with Gasteiger partial charge < -0.3 is 9.84 Å². The lowest BCUT2D eigenvalue weighted by atomic mass is 10.1. The van der Waals surface area contributed by atoms with Crippen LogP contribution in [0.4, 0.5) is 5.82 Å². The molecule has 0 atom stereocenters. The topological polar surface area (TPSA) is 106 Å². The summed E-state index contributed by atoms with van der Waals surface area (Å²) < 4.78 is 7.92. The summed E-state index contributed by atoms with van der Waals surface area (Å²) in [6, 6.07) is 8.70. The summed E-state index contributed by atoms with van der Waals surface area (Å²) in [4.78, 5) is 24.2. The average molecular weight is 337 g/mol. The van der Waals surface area contributed by atoms with E-state index in [4.69, 9.17) is 4.52 Å². The van der Waals surface area contributed by atoms with E-state index >= 15 is 0 Å². The predicted molar refractivity (Wildman–Crippen MR) is 91.6 cm³/mol. The van der Waals surface area contributed by atoms with E-state index in [9.17, 15) is 14.9 Å². The molecule has 1 aromatic carbocycles. The fourth-order valence-corrected chi connectivity index (χ4v) is 2.54. The molecule has 0 bridgehead atoms. The van der Waals surface area contributed by atoms with Crippen LogP contribution in [0.25, 0.3) is 17.1 Å². The number of nitrogens with one attached hydrogen (secondary N) is 1. The van der Waals surface area contributed by atoms with Gasteiger partial charge in [-0.05, 0) is 30.7 Å². The zero-order chi connectivity index (χ0) is 18.1. The number of imidazole rings is 1. The standard InChI is InChI=1S/C17H15N5O3/c1-10-6-15(20-25-10)19-16(23)12(9-18)7-11-4-5-13-14(8-11)22(3)17(24)21(13)2/h4-8H,1-3H3,(H,19,20,23)/b12-7+. The van der Waals surface area contributed by atoms with Crippen molar-refractivity contribution in [1.29, 1.82) is 5.26 Å². The second-order valence-corrected chi connectivity index (χ2v) is 5.60. The maximum absolute atomic E-state index is 12.2. The molecule has 1 N–H and O–H groups in total. The molecule has 0 aliphatic carbocycles. The Bertz CT molecular complexity index is 1110. The zero-order valence-corrected chi connectivity index (χ0v) is 13.9. The van der Waals surface area contributed by atoms with Crippen LogP contribution in [0.2, 0.25) is 0 Å². The van der Waals surface area contributed by atoms with Crippen LogP contribution in [0.5, 0.6) is 0 Å². The second kappa shape index (κ2) is 6.13. The largest absolute Gasteiger partial charge is 0.360 e. The van der Waals surface area contributed by atoms with Crippen molar-refractivity contribution in [3.8, 4) is 6.07 Å². The van der Waals surface area contributed by atoms with Gasteiger partial charge in [0.2, 0.25) is 0 Å². The number of carbonyl (C=O) groups is 1. The molecule has 0 radical (unpaired) electrons. The van der Waals surface area contributed by atoms with Gasteiger partial charge in [-0.3, -0.25) is 13.9 Å². The van der Waals surface area contributed by atoms with E-state index in [1.54, 1.807) is 45.3 Å². The molecule has 0 aliphatic rings. The van der Waals surface area contributed by atoms with Crippen LogP contribution in [0, 0.1) is 18.3 Å². The molecule has 8 nitrogen and oxygen atoms in total. The number of hydrogen-bond acceptors (Lipinski definition) is 5. The molecule has 2 heterocycles. The first-order valence-corrected chi connectivity index (χ1v) is 7.42. The van der Waals surface area contributed by atoms with E-state index in [0.717, 1.165) is 5.52 Å². The van der Waals surface area contributed by atoms with E-state index in [1.807, 2.05) is 6.07 Å². The third-order valence-corrected chi connectivity index (χ3v) is 3.84. The molecule has 3 aromatic rings. The van der Waals surface area contributed by atoms with Gasteiger partial charge in [0.25, 0.3) is 5.91 Å². The number of carbonyl (C=O) groups excluding carboxylic acids is 1. The van der Waals surface area contributed by atoms with Crippen molar-refractivity contribution in [3.63, 3.8) is 0 Å². The van der Waals surface area contributed by atoms with Crippen molar-refractivity contribution in [3.05, 3.63) is 51.6 Å². The molecular weight excluding hydrogens is 322 g/mol. The maximum atomic E-state index is 12.2. The number of benzene rings is 1. The smallest absolute Gasteiger partial charge is 0.328 e. The number of anilines is 1. The molecule has 0 fully saturated rings. The van der Waals surface area contributed by atoms with Crippen molar-refractivity contribution in [1.82, 2.24) is 14.3 Å². The Labute approximate surface area is 142 Å². The molecule has 0 spiro atoms. The summed E-state index contributed by atoms with van der Waals surface area (Å²) >= 11 is 0. The minimum Gasteiger partial charge on any atom is -0.360 e. The van der Waals surface area contributed by atoms with Crippen LogP contribution in [0.3, 0.4) is 0 Å². The Hall–Kier alpha value is -3.60. The van der Waals surface area contributed by atoms with E-state index in [0.29, 0.717) is 16.8 Å². The zero-order valence-electron chi connectivity index (χ0n) is 13.9. The van der Waals surface area contributed by atoms with Gasteiger partial charge in [0.05, 0.1) is 11.0 Å². The van der Waals surface area contributed by atoms with Gasteiger partial charge in [-0.15, -0.1) is 0 Å². The molecule has 0 aliphatic heterocycles. The first-order valence-electron chi connectivity index (χ1n) is 7.42. The Morgan fingerprint density at radius 3 is 2.64 bits per heavy atom. The Morgan fingerprint density at radius 2 is 2.00 bits per heavy atom. The monoisotopic (exact) mass is 337 g/mol. The van der Waals surface area contributed by atoms with Crippen LogP contribution < -0.4 is 11.0 Å². The fourth-order valence-electron chi connectivity index (χ4n) is 2.54. The fraction of sp³-hybridized carbons (Fsp3) is 0.176. The highest BCUT2D eigenvalue weighted by atomic mass is 16.5. The van der Waals surface area contributed by atoms with Gasteiger partial charge in [-0.1, -0.05) is 11.2 Å². The van der Waals surface area contributed by atoms with Crippen molar-refractivity contribution in [2.24, 2.45) is 14.1 Å². The third kappa shape index (κ3) is 2.95. The summed E-state index contributed by atoms with van der Waals surface area (Å²) in [5.41, 5.74) is 1.89. The number of aromatic nitrogens is 3. The first kappa shape index (κ1) is 16.3. The van der Waals surface area contributed by atoms with E-state index in [1.165, 1.54) is 15.2 Å². The van der Waals surface area contributed by atoms with Gasteiger partial charge in [0.1, 0.15) is 17.4 Å². The SMILES string of the molecule is Cc1cc(NC(=O)/C(C#N)=C/c2ccc3c(c2)n(C)c(=O)n3C)no1. The molecule has 0 saturated carbocycles. The highest BCUT2D eigenvalue weighted by Crippen LogP contribution is 2.17. The molecule has 126 valence electrons. The number of nitrogens with zero attached hydrogens (tertiary/aromatic N) is 4. The highest BCUT2D eigenvalue weighted by Gasteiger charge is 2.13. The molecule has 0 unspecified atom stereocenters. The minimum atomic E-state index is -0.585. The minimum absolute atomic E-state index is 0.0825. The number of hydrogen-bond donors (Lipinski definition) is 1. The summed E-state index contributed by atoms with van der Waals surface area (Å²) in [6.07, 6.45) is 1.46. The van der Waals surface area contributed by atoms with Gasteiger partial charge in [-0.2, -0.15) is 5.26 Å². The lowest BCUT2D eigenvalue weighted by molar-refractivity contribution is -0.112. The van der Waals surface area contributed by atoms with Gasteiger partial charge in [0, 0.05) is 20.2 Å². The van der Waals surface area contributed by atoms with Crippen LogP contribution in [-0.4, -0.2) is 20.2 Å². The molecule has 3 rings (SSSR count). The molecule has 2 aromatic heterocycles. The Morgan fingerprint density at radius 1 is 1.28 bits per heavy atom. The number of aryl methyl sites for hydroxylation is 3. The third-order valence-electron chi connectivity index (χ3n) is 3.84. The van der Waals surface area contributed by atoms with E-state index in [-0.39, 0.29) is 17.1 Å². The van der Waals surface area contributed by atoms with E-state index < -0.39 is 5.91 Å². The summed E-state index contributed by atoms with van der Waals surface area (Å²) in [7, 11) is 3.36. The van der Waals surface area contributed by atoms with Crippen molar-refractivity contribution in [2.45, 2.75) is 6.92 Å².